The lowest BCUT2D eigenvalue weighted by molar-refractivity contribution is 0.0973. The van der Waals surface area contributed by atoms with Crippen LogP contribution in [0.25, 0.3) is 0 Å². The monoisotopic (exact) mass is 690 g/mol. The van der Waals surface area contributed by atoms with Crippen LogP contribution in [0.4, 0.5) is 5.69 Å². The van der Waals surface area contributed by atoms with Gasteiger partial charge in [0.15, 0.2) is 5.11 Å². The van der Waals surface area contributed by atoms with Gasteiger partial charge < -0.3 is 10.1 Å². The molecule has 0 bridgehead atoms. The number of carbonyl (C=O) groups excluding carboxylic acids is 1. The Bertz CT molecular complexity index is 1910. The van der Waals surface area contributed by atoms with Crippen molar-refractivity contribution in [1.29, 1.82) is 0 Å². The molecule has 5 aromatic rings. The average Bonchev–Trinajstić information content (AvgIpc) is 3.14. The zero-order chi connectivity index (χ0) is 34.1. The van der Waals surface area contributed by atoms with E-state index < -0.39 is 15.9 Å². The molecule has 0 atom stereocenters. The number of piperazine rings is 1. The molecule has 1 aliphatic rings. The van der Waals surface area contributed by atoms with Gasteiger partial charge in [-0.1, -0.05) is 103 Å². The van der Waals surface area contributed by atoms with Crippen molar-refractivity contribution in [3.63, 3.8) is 0 Å². The van der Waals surface area contributed by atoms with Crippen LogP contribution in [0, 0.1) is 0 Å². The molecular weight excluding hydrogens is 653 g/mol. The van der Waals surface area contributed by atoms with Crippen molar-refractivity contribution in [2.24, 2.45) is 0 Å². The van der Waals surface area contributed by atoms with E-state index in [1.165, 1.54) is 11.1 Å². The predicted octanol–water partition coefficient (Wildman–Crippen LogP) is 6.53. The van der Waals surface area contributed by atoms with Crippen molar-refractivity contribution < 1.29 is 17.9 Å². The second-order valence-electron chi connectivity index (χ2n) is 11.7. The number of amides is 1. The first kappa shape index (κ1) is 34.0. The Morgan fingerprint density at radius 2 is 1.27 bits per heavy atom. The van der Waals surface area contributed by atoms with Crippen LogP contribution in [-0.4, -0.2) is 61.4 Å². The third-order valence-electron chi connectivity index (χ3n) is 8.47. The molecule has 10 heteroatoms. The molecule has 1 saturated heterocycles. The van der Waals surface area contributed by atoms with Gasteiger partial charge >= 0.3 is 0 Å². The summed E-state index contributed by atoms with van der Waals surface area (Å²) in [4.78, 5) is 15.6. The molecule has 0 aliphatic carbocycles. The molecule has 0 radical (unpaired) electrons. The van der Waals surface area contributed by atoms with Gasteiger partial charge in [-0.2, -0.15) is 4.31 Å². The van der Waals surface area contributed by atoms with E-state index >= 15 is 0 Å². The third kappa shape index (κ3) is 8.60. The van der Waals surface area contributed by atoms with Crippen LogP contribution >= 0.6 is 12.2 Å². The highest BCUT2D eigenvalue weighted by atomic mass is 32.2. The van der Waals surface area contributed by atoms with Crippen LogP contribution < -0.4 is 15.4 Å². The Morgan fingerprint density at radius 1 is 0.714 bits per heavy atom. The molecule has 49 heavy (non-hydrogen) atoms. The van der Waals surface area contributed by atoms with Crippen molar-refractivity contribution in [1.82, 2.24) is 14.5 Å². The quantitative estimate of drug-likeness (QED) is 0.152. The normalized spacial score (nSPS) is 13.9. The fraction of sp³-hybridized carbons (Fsp3) is 0.179. The summed E-state index contributed by atoms with van der Waals surface area (Å²) in [5.74, 6) is 0.0534. The molecule has 2 N–H and O–H groups in total. The van der Waals surface area contributed by atoms with Crippen molar-refractivity contribution in [2.75, 3.05) is 38.1 Å². The highest BCUT2D eigenvalue weighted by molar-refractivity contribution is 7.89. The second kappa shape index (κ2) is 16.0. The lowest BCUT2D eigenvalue weighted by Gasteiger charge is -2.39. The van der Waals surface area contributed by atoms with Crippen molar-refractivity contribution in [3.05, 3.63) is 162 Å². The zero-order valence-electron chi connectivity index (χ0n) is 26.9. The summed E-state index contributed by atoms with van der Waals surface area (Å²) in [7, 11) is -3.71. The molecule has 0 spiro atoms. The van der Waals surface area contributed by atoms with E-state index in [-0.39, 0.29) is 16.0 Å². The topological polar surface area (TPSA) is 91.0 Å². The van der Waals surface area contributed by atoms with E-state index in [0.29, 0.717) is 56.2 Å². The Labute approximate surface area is 293 Å². The SMILES string of the molecule is O=C(NC(=S)Nc1ccc(S(=O)(=O)N2CCN(C(c3ccccc3)c3ccccc3)CC2)cc1)c1ccccc1OCCc1ccccc1. The lowest BCUT2D eigenvalue weighted by Crippen LogP contribution is -2.49. The summed E-state index contributed by atoms with van der Waals surface area (Å²) in [6.45, 7) is 2.38. The lowest BCUT2D eigenvalue weighted by atomic mass is 9.96. The molecule has 0 aromatic heterocycles. The molecular formula is C39H38N4O4S2. The number of hydrogen-bond acceptors (Lipinski definition) is 6. The summed E-state index contributed by atoms with van der Waals surface area (Å²) in [5.41, 5.74) is 4.42. The van der Waals surface area contributed by atoms with Crippen LogP contribution in [0.15, 0.2) is 144 Å². The molecule has 1 fully saturated rings. The van der Waals surface area contributed by atoms with E-state index in [4.69, 9.17) is 17.0 Å². The largest absolute Gasteiger partial charge is 0.492 e. The van der Waals surface area contributed by atoms with Crippen molar-refractivity contribution in [2.45, 2.75) is 17.4 Å². The van der Waals surface area contributed by atoms with Gasteiger partial charge in [-0.15, -0.1) is 0 Å². The maximum atomic E-state index is 13.6. The first-order chi connectivity index (χ1) is 23.9. The number of benzene rings is 5. The fourth-order valence-electron chi connectivity index (χ4n) is 5.98. The maximum Gasteiger partial charge on any atom is 0.261 e. The summed E-state index contributed by atoms with van der Waals surface area (Å²) in [6, 6.07) is 44.1. The number of rotatable bonds is 11. The van der Waals surface area contributed by atoms with Crippen molar-refractivity contribution in [3.8, 4) is 5.75 Å². The summed E-state index contributed by atoms with van der Waals surface area (Å²) >= 11 is 5.40. The molecule has 0 unspecified atom stereocenters. The summed E-state index contributed by atoms with van der Waals surface area (Å²) in [5, 5.41) is 5.76. The minimum atomic E-state index is -3.71. The fourth-order valence-corrected chi connectivity index (χ4v) is 7.62. The van der Waals surface area contributed by atoms with Gasteiger partial charge in [-0.05, 0) is 65.3 Å². The standard InChI is InChI=1S/C39H38N4O4S2/c44-38(35-18-10-11-19-36(35)47-29-24-30-12-4-1-5-13-30)41-39(48)40-33-20-22-34(23-21-33)49(45,46)43-27-25-42(26-28-43)37(31-14-6-2-7-15-31)32-16-8-3-9-17-32/h1-23,37H,24-29H2,(H2,40,41,44,48). The van der Waals surface area contributed by atoms with Gasteiger partial charge in [0.1, 0.15) is 5.75 Å². The molecule has 1 aliphatic heterocycles. The van der Waals surface area contributed by atoms with Crippen LogP contribution in [0.3, 0.4) is 0 Å². The Hall–Kier alpha value is -4.87. The summed E-state index contributed by atoms with van der Waals surface area (Å²) in [6.07, 6.45) is 0.710. The van der Waals surface area contributed by atoms with Gasteiger partial charge in [0.05, 0.1) is 23.1 Å². The van der Waals surface area contributed by atoms with Gasteiger partial charge in [-0.3, -0.25) is 15.0 Å². The van der Waals surface area contributed by atoms with E-state index in [1.54, 1.807) is 46.8 Å². The van der Waals surface area contributed by atoms with Gasteiger partial charge in [0, 0.05) is 38.3 Å². The molecule has 8 nitrogen and oxygen atoms in total. The zero-order valence-corrected chi connectivity index (χ0v) is 28.6. The highest BCUT2D eigenvalue weighted by Gasteiger charge is 2.32. The Morgan fingerprint density at radius 3 is 1.88 bits per heavy atom. The number of sulfonamides is 1. The molecule has 0 saturated carbocycles. The Kier molecular flexibility index (Phi) is 11.1. The molecule has 1 amide bonds. The average molecular weight is 691 g/mol. The number of nitrogens with zero attached hydrogens (tertiary/aromatic N) is 2. The highest BCUT2D eigenvalue weighted by Crippen LogP contribution is 2.30. The molecule has 1 heterocycles. The van der Waals surface area contributed by atoms with Gasteiger partial charge in [0.2, 0.25) is 10.0 Å². The van der Waals surface area contributed by atoms with Gasteiger partial charge in [0.25, 0.3) is 5.91 Å². The minimum Gasteiger partial charge on any atom is -0.492 e. The van der Waals surface area contributed by atoms with Crippen LogP contribution in [0.2, 0.25) is 0 Å². The van der Waals surface area contributed by atoms with Gasteiger partial charge in [-0.25, -0.2) is 8.42 Å². The van der Waals surface area contributed by atoms with E-state index in [9.17, 15) is 13.2 Å². The molecule has 6 rings (SSSR count). The maximum absolute atomic E-state index is 13.6. The summed E-state index contributed by atoms with van der Waals surface area (Å²) < 4.78 is 34.7. The smallest absolute Gasteiger partial charge is 0.261 e. The number of nitrogens with one attached hydrogen (secondary N) is 2. The van der Waals surface area contributed by atoms with Crippen LogP contribution in [0.5, 0.6) is 5.75 Å². The number of hydrogen-bond donors (Lipinski definition) is 2. The number of thiocarbonyl (C=S) groups is 1. The van der Waals surface area contributed by atoms with E-state index in [2.05, 4.69) is 39.8 Å². The number of para-hydroxylation sites is 1. The van der Waals surface area contributed by atoms with Crippen molar-refractivity contribution >= 4 is 38.9 Å². The predicted molar refractivity (Wildman–Crippen MR) is 197 cm³/mol. The first-order valence-corrected chi connectivity index (χ1v) is 18.1. The number of anilines is 1. The first-order valence-electron chi connectivity index (χ1n) is 16.2. The number of ether oxygens (including phenoxy) is 1. The van der Waals surface area contributed by atoms with Crippen LogP contribution in [-0.2, 0) is 16.4 Å². The Balaban J connectivity index is 1.03. The number of carbonyl (C=O) groups is 1. The molecule has 5 aromatic carbocycles. The van der Waals surface area contributed by atoms with E-state index in [0.717, 1.165) is 5.56 Å². The minimum absolute atomic E-state index is 0.0441. The van der Waals surface area contributed by atoms with E-state index in [1.807, 2.05) is 72.8 Å². The second-order valence-corrected chi connectivity index (χ2v) is 14.0. The molecule has 250 valence electrons. The third-order valence-corrected chi connectivity index (χ3v) is 10.6. The van der Waals surface area contributed by atoms with Crippen LogP contribution in [0.1, 0.15) is 33.1 Å².